The molecule has 1 aliphatic carbocycles. The van der Waals surface area contributed by atoms with Crippen LogP contribution in [0.1, 0.15) is 39.5 Å². The van der Waals surface area contributed by atoms with Crippen molar-refractivity contribution in [2.45, 2.75) is 39.5 Å². The number of amides is 2. The summed E-state index contributed by atoms with van der Waals surface area (Å²) in [6.45, 7) is 4.34. The number of likely N-dealkylation sites (tertiary alicyclic amines) is 1. The van der Waals surface area contributed by atoms with Crippen LogP contribution in [0.3, 0.4) is 0 Å². The number of aliphatic hydroxyl groups excluding tert-OH is 1. The van der Waals surface area contributed by atoms with Crippen LogP contribution >= 0.6 is 0 Å². The van der Waals surface area contributed by atoms with Gasteiger partial charge in [-0.25, -0.2) is 0 Å². The summed E-state index contributed by atoms with van der Waals surface area (Å²) in [5, 5.41) is 9.38. The van der Waals surface area contributed by atoms with Gasteiger partial charge in [0.2, 0.25) is 11.8 Å². The molecular formula is C14H23NO3. The molecule has 0 aromatic rings. The van der Waals surface area contributed by atoms with Gasteiger partial charge in [-0.1, -0.05) is 26.7 Å². The molecule has 2 rings (SSSR count). The van der Waals surface area contributed by atoms with Crippen molar-refractivity contribution in [2.75, 3.05) is 13.2 Å². The summed E-state index contributed by atoms with van der Waals surface area (Å²) < 4.78 is 0. The lowest BCUT2D eigenvalue weighted by atomic mass is 9.79. The molecule has 4 atom stereocenters. The molecule has 2 fully saturated rings. The van der Waals surface area contributed by atoms with Crippen LogP contribution in [0, 0.1) is 23.7 Å². The quantitative estimate of drug-likeness (QED) is 0.774. The van der Waals surface area contributed by atoms with Crippen molar-refractivity contribution >= 4 is 11.8 Å². The molecule has 2 aliphatic rings. The van der Waals surface area contributed by atoms with Gasteiger partial charge in [0.05, 0.1) is 0 Å². The third kappa shape index (κ3) is 2.30. The normalized spacial score (nSPS) is 37.4. The molecule has 18 heavy (non-hydrogen) atoms. The van der Waals surface area contributed by atoms with Gasteiger partial charge >= 0.3 is 0 Å². The highest BCUT2D eigenvalue weighted by Gasteiger charge is 2.43. The van der Waals surface area contributed by atoms with Crippen molar-refractivity contribution in [3.63, 3.8) is 0 Å². The fraction of sp³-hybridized carbons (Fsp3) is 0.857. The standard InChI is InChI=1S/C14H23NO3/c1-9-10(2)14(18)15(13(9)17)7-11-5-3-4-6-12(11)8-16/h9-12,16H,3-8H2,1-2H3. The van der Waals surface area contributed by atoms with Crippen molar-refractivity contribution < 1.29 is 14.7 Å². The first-order chi connectivity index (χ1) is 8.56. The van der Waals surface area contributed by atoms with Crippen molar-refractivity contribution in [3.05, 3.63) is 0 Å². The van der Waals surface area contributed by atoms with Crippen LogP contribution in [0.4, 0.5) is 0 Å². The van der Waals surface area contributed by atoms with E-state index in [4.69, 9.17) is 0 Å². The molecule has 102 valence electrons. The maximum atomic E-state index is 12.0. The first-order valence-electron chi connectivity index (χ1n) is 7.02. The topological polar surface area (TPSA) is 57.6 Å². The second kappa shape index (κ2) is 5.39. The predicted octanol–water partition coefficient (Wildman–Crippen LogP) is 1.43. The van der Waals surface area contributed by atoms with Crippen LogP contribution in [0.15, 0.2) is 0 Å². The number of hydrogen-bond donors (Lipinski definition) is 1. The third-order valence-corrected chi connectivity index (χ3v) is 4.78. The first-order valence-corrected chi connectivity index (χ1v) is 7.02. The lowest BCUT2D eigenvalue weighted by Gasteiger charge is -2.32. The van der Waals surface area contributed by atoms with Gasteiger partial charge in [0, 0.05) is 25.0 Å². The fourth-order valence-corrected chi connectivity index (χ4v) is 3.21. The number of aliphatic hydroxyl groups is 1. The average Bonchev–Trinajstić information content (AvgIpc) is 2.57. The van der Waals surface area contributed by atoms with Crippen LogP contribution in [0.2, 0.25) is 0 Å². The van der Waals surface area contributed by atoms with Gasteiger partial charge in [-0.15, -0.1) is 0 Å². The van der Waals surface area contributed by atoms with E-state index in [1.54, 1.807) is 0 Å². The van der Waals surface area contributed by atoms with Crippen LogP contribution in [-0.4, -0.2) is 35.0 Å². The van der Waals surface area contributed by atoms with Crippen molar-refractivity contribution in [1.29, 1.82) is 0 Å². The summed E-state index contributed by atoms with van der Waals surface area (Å²) >= 11 is 0. The van der Waals surface area contributed by atoms with Gasteiger partial charge < -0.3 is 5.11 Å². The summed E-state index contributed by atoms with van der Waals surface area (Å²) in [5.74, 6) is 0.103. The van der Waals surface area contributed by atoms with Crippen molar-refractivity contribution in [1.82, 2.24) is 4.90 Å². The Morgan fingerprint density at radius 1 is 1.06 bits per heavy atom. The zero-order chi connectivity index (χ0) is 13.3. The molecule has 4 nitrogen and oxygen atoms in total. The predicted molar refractivity (Wildman–Crippen MR) is 67.6 cm³/mol. The number of carbonyl (C=O) groups is 2. The molecule has 1 aliphatic heterocycles. The SMILES string of the molecule is CC1C(=O)N(CC2CCCCC2CO)C(=O)C1C. The maximum absolute atomic E-state index is 12.0. The second-order valence-electron chi connectivity index (χ2n) is 5.85. The lowest BCUT2D eigenvalue weighted by Crippen LogP contribution is -2.39. The Hall–Kier alpha value is -0.900. The number of hydrogen-bond acceptors (Lipinski definition) is 3. The van der Waals surface area contributed by atoms with Crippen molar-refractivity contribution in [2.24, 2.45) is 23.7 Å². The Kier molecular flexibility index (Phi) is 4.05. The summed E-state index contributed by atoms with van der Waals surface area (Å²) in [4.78, 5) is 25.5. The molecule has 1 saturated carbocycles. The largest absolute Gasteiger partial charge is 0.396 e. The van der Waals surface area contributed by atoms with E-state index >= 15 is 0 Å². The molecule has 4 unspecified atom stereocenters. The second-order valence-corrected chi connectivity index (χ2v) is 5.85. The van der Waals surface area contributed by atoms with Gasteiger partial charge in [0.15, 0.2) is 0 Å². The van der Waals surface area contributed by atoms with Gasteiger partial charge in [-0.05, 0) is 24.7 Å². The smallest absolute Gasteiger partial charge is 0.232 e. The number of nitrogens with zero attached hydrogens (tertiary/aromatic N) is 1. The fourth-order valence-electron chi connectivity index (χ4n) is 3.21. The van der Waals surface area contributed by atoms with E-state index in [-0.39, 0.29) is 42.1 Å². The Balaban J connectivity index is 2.04. The molecule has 1 saturated heterocycles. The van der Waals surface area contributed by atoms with Crippen molar-refractivity contribution in [3.8, 4) is 0 Å². The molecule has 1 heterocycles. The number of imide groups is 1. The highest BCUT2D eigenvalue weighted by Crippen LogP contribution is 2.33. The molecule has 0 spiro atoms. The molecular weight excluding hydrogens is 230 g/mol. The molecule has 0 bridgehead atoms. The minimum absolute atomic E-state index is 0.0326. The summed E-state index contributed by atoms with van der Waals surface area (Å²) in [7, 11) is 0. The lowest BCUT2D eigenvalue weighted by molar-refractivity contribution is -0.141. The van der Waals surface area contributed by atoms with E-state index in [0.717, 1.165) is 25.7 Å². The molecule has 4 heteroatoms. The minimum atomic E-state index is -0.186. The van der Waals surface area contributed by atoms with E-state index in [1.807, 2.05) is 13.8 Å². The van der Waals surface area contributed by atoms with Gasteiger partial charge in [0.25, 0.3) is 0 Å². The highest BCUT2D eigenvalue weighted by atomic mass is 16.3. The third-order valence-electron chi connectivity index (χ3n) is 4.78. The zero-order valence-electron chi connectivity index (χ0n) is 11.3. The Labute approximate surface area is 108 Å². The maximum Gasteiger partial charge on any atom is 0.232 e. The molecule has 0 aromatic carbocycles. The van der Waals surface area contributed by atoms with Gasteiger partial charge in [-0.2, -0.15) is 0 Å². The Morgan fingerprint density at radius 3 is 2.06 bits per heavy atom. The van der Waals surface area contributed by atoms with E-state index in [9.17, 15) is 14.7 Å². The number of carbonyl (C=O) groups excluding carboxylic acids is 2. The monoisotopic (exact) mass is 253 g/mol. The zero-order valence-corrected chi connectivity index (χ0v) is 11.3. The minimum Gasteiger partial charge on any atom is -0.396 e. The summed E-state index contributed by atoms with van der Waals surface area (Å²) in [5.41, 5.74) is 0. The van der Waals surface area contributed by atoms with Crippen LogP contribution in [0.5, 0.6) is 0 Å². The van der Waals surface area contributed by atoms with Crippen LogP contribution < -0.4 is 0 Å². The van der Waals surface area contributed by atoms with E-state index in [2.05, 4.69) is 0 Å². The first kappa shape index (κ1) is 13.5. The van der Waals surface area contributed by atoms with E-state index in [0.29, 0.717) is 6.54 Å². The Bertz CT molecular complexity index is 322. The molecule has 1 N–H and O–H groups in total. The highest BCUT2D eigenvalue weighted by molar-refractivity contribution is 6.04. The van der Waals surface area contributed by atoms with Crippen LogP contribution in [0.25, 0.3) is 0 Å². The average molecular weight is 253 g/mol. The van der Waals surface area contributed by atoms with Gasteiger partial charge in [-0.3, -0.25) is 14.5 Å². The Morgan fingerprint density at radius 2 is 1.56 bits per heavy atom. The molecule has 2 amide bonds. The molecule has 0 aromatic heterocycles. The van der Waals surface area contributed by atoms with E-state index in [1.165, 1.54) is 4.90 Å². The summed E-state index contributed by atoms with van der Waals surface area (Å²) in [6.07, 6.45) is 4.33. The van der Waals surface area contributed by atoms with E-state index < -0.39 is 0 Å². The summed E-state index contributed by atoms with van der Waals surface area (Å²) in [6, 6.07) is 0. The van der Waals surface area contributed by atoms with Gasteiger partial charge in [0.1, 0.15) is 0 Å². The number of rotatable bonds is 3. The molecule has 0 radical (unpaired) electrons. The van der Waals surface area contributed by atoms with Crippen LogP contribution in [-0.2, 0) is 9.59 Å².